The first-order valence-electron chi connectivity index (χ1n) is 7.08. The van der Waals surface area contributed by atoms with E-state index in [4.69, 9.17) is 11.6 Å². The van der Waals surface area contributed by atoms with Crippen molar-refractivity contribution in [3.05, 3.63) is 33.3 Å². The molecule has 0 unspecified atom stereocenters. The number of piperidine rings is 1. The van der Waals surface area contributed by atoms with Gasteiger partial charge in [-0.15, -0.1) is 0 Å². The molecule has 0 radical (unpaired) electrons. The van der Waals surface area contributed by atoms with Crippen molar-refractivity contribution in [2.24, 2.45) is 0 Å². The largest absolute Gasteiger partial charge is 0.310 e. The molecule has 1 heterocycles. The lowest BCUT2D eigenvalue weighted by molar-refractivity contribution is 0.197. The van der Waals surface area contributed by atoms with Crippen molar-refractivity contribution >= 4 is 27.5 Å². The van der Waals surface area contributed by atoms with Crippen molar-refractivity contribution in [2.45, 2.75) is 38.8 Å². The molecule has 19 heavy (non-hydrogen) atoms. The zero-order valence-corrected chi connectivity index (χ0v) is 13.8. The number of halogens is 2. The van der Waals surface area contributed by atoms with Crippen LogP contribution in [0.5, 0.6) is 0 Å². The van der Waals surface area contributed by atoms with Crippen LogP contribution in [0.15, 0.2) is 22.7 Å². The molecule has 1 aromatic rings. The van der Waals surface area contributed by atoms with Gasteiger partial charge in [0.2, 0.25) is 0 Å². The lowest BCUT2D eigenvalue weighted by Crippen LogP contribution is -2.42. The highest BCUT2D eigenvalue weighted by Crippen LogP contribution is 2.22. The minimum absolute atomic E-state index is 0.649. The van der Waals surface area contributed by atoms with Gasteiger partial charge >= 0.3 is 0 Å². The average Bonchev–Trinajstić information content (AvgIpc) is 2.40. The molecule has 0 atom stereocenters. The number of hydrogen-bond acceptors (Lipinski definition) is 2. The fraction of sp³-hybridized carbons (Fsp3) is 0.600. The molecule has 0 bridgehead atoms. The Morgan fingerprint density at radius 1 is 1.37 bits per heavy atom. The first-order chi connectivity index (χ1) is 9.19. The summed E-state index contributed by atoms with van der Waals surface area (Å²) in [5, 5.41) is 4.44. The summed E-state index contributed by atoms with van der Waals surface area (Å²) in [5.41, 5.74) is 1.28. The van der Waals surface area contributed by atoms with Gasteiger partial charge < -0.3 is 10.2 Å². The summed E-state index contributed by atoms with van der Waals surface area (Å²) in [6.07, 6.45) is 3.77. The van der Waals surface area contributed by atoms with E-state index in [2.05, 4.69) is 39.1 Å². The van der Waals surface area contributed by atoms with E-state index in [-0.39, 0.29) is 0 Å². The van der Waals surface area contributed by atoms with Gasteiger partial charge in [0.05, 0.1) is 0 Å². The molecule has 2 rings (SSSR count). The molecular weight excluding hydrogens is 324 g/mol. The molecule has 1 N–H and O–H groups in total. The number of hydrogen-bond donors (Lipinski definition) is 1. The van der Waals surface area contributed by atoms with E-state index in [0.29, 0.717) is 6.04 Å². The monoisotopic (exact) mass is 344 g/mol. The highest BCUT2D eigenvalue weighted by Gasteiger charge is 2.18. The van der Waals surface area contributed by atoms with E-state index in [9.17, 15) is 0 Å². The molecule has 1 aromatic carbocycles. The SMILES string of the molecule is CCCN1CCC(NCc2ccc(Cl)cc2Br)CC1. The minimum atomic E-state index is 0.649. The summed E-state index contributed by atoms with van der Waals surface area (Å²) in [6, 6.07) is 6.65. The number of benzene rings is 1. The van der Waals surface area contributed by atoms with Crippen LogP contribution in [-0.2, 0) is 6.54 Å². The lowest BCUT2D eigenvalue weighted by Gasteiger charge is -2.32. The van der Waals surface area contributed by atoms with Crippen LogP contribution in [0, 0.1) is 0 Å². The van der Waals surface area contributed by atoms with Crippen molar-refractivity contribution in [1.29, 1.82) is 0 Å². The van der Waals surface area contributed by atoms with Crippen molar-refractivity contribution < 1.29 is 0 Å². The van der Waals surface area contributed by atoms with Gasteiger partial charge in [-0.3, -0.25) is 0 Å². The van der Waals surface area contributed by atoms with Crippen LogP contribution in [0.1, 0.15) is 31.7 Å². The number of likely N-dealkylation sites (tertiary alicyclic amines) is 1. The summed E-state index contributed by atoms with van der Waals surface area (Å²) < 4.78 is 1.09. The van der Waals surface area contributed by atoms with Gasteiger partial charge in [0.15, 0.2) is 0 Å². The van der Waals surface area contributed by atoms with Gasteiger partial charge in [0.1, 0.15) is 0 Å². The summed E-state index contributed by atoms with van der Waals surface area (Å²) in [5.74, 6) is 0. The van der Waals surface area contributed by atoms with Gasteiger partial charge in [-0.05, 0) is 56.6 Å². The Kier molecular flexibility index (Phi) is 6.14. The summed E-state index contributed by atoms with van der Waals surface area (Å²) in [4.78, 5) is 2.57. The lowest BCUT2D eigenvalue weighted by atomic mass is 10.0. The smallest absolute Gasteiger partial charge is 0.0417 e. The first kappa shape index (κ1) is 15.3. The summed E-state index contributed by atoms with van der Waals surface area (Å²) in [6.45, 7) is 6.87. The zero-order chi connectivity index (χ0) is 13.7. The maximum Gasteiger partial charge on any atom is 0.0417 e. The van der Waals surface area contributed by atoms with Crippen LogP contribution in [0.3, 0.4) is 0 Å². The molecule has 4 heteroatoms. The molecule has 0 amide bonds. The molecular formula is C15H22BrClN2. The van der Waals surface area contributed by atoms with Gasteiger partial charge in [-0.1, -0.05) is 40.5 Å². The average molecular weight is 346 g/mol. The fourth-order valence-corrected chi connectivity index (χ4v) is 3.42. The number of nitrogens with zero attached hydrogens (tertiary/aromatic N) is 1. The second-order valence-electron chi connectivity index (χ2n) is 5.23. The molecule has 1 saturated heterocycles. The van der Waals surface area contributed by atoms with Gasteiger partial charge in [0.25, 0.3) is 0 Å². The summed E-state index contributed by atoms with van der Waals surface area (Å²) in [7, 11) is 0. The highest BCUT2D eigenvalue weighted by atomic mass is 79.9. The number of rotatable bonds is 5. The molecule has 1 aliphatic rings. The molecule has 0 saturated carbocycles. The van der Waals surface area contributed by atoms with E-state index in [1.165, 1.54) is 44.5 Å². The van der Waals surface area contributed by atoms with Crippen molar-refractivity contribution in [1.82, 2.24) is 10.2 Å². The quantitative estimate of drug-likeness (QED) is 0.865. The van der Waals surface area contributed by atoms with E-state index in [1.807, 2.05) is 12.1 Å². The first-order valence-corrected chi connectivity index (χ1v) is 8.26. The third-order valence-electron chi connectivity index (χ3n) is 3.72. The van der Waals surface area contributed by atoms with E-state index < -0.39 is 0 Å². The predicted octanol–water partition coefficient (Wildman–Crippen LogP) is 4.07. The zero-order valence-electron chi connectivity index (χ0n) is 11.5. The fourth-order valence-electron chi connectivity index (χ4n) is 2.60. The molecule has 1 aliphatic heterocycles. The van der Waals surface area contributed by atoms with Crippen LogP contribution in [0.4, 0.5) is 0 Å². The second-order valence-corrected chi connectivity index (χ2v) is 6.52. The van der Waals surface area contributed by atoms with Crippen LogP contribution < -0.4 is 5.32 Å². The van der Waals surface area contributed by atoms with Gasteiger partial charge in [0, 0.05) is 22.1 Å². The molecule has 106 valence electrons. The Morgan fingerprint density at radius 3 is 2.74 bits per heavy atom. The Morgan fingerprint density at radius 2 is 2.11 bits per heavy atom. The minimum Gasteiger partial charge on any atom is -0.310 e. The Labute approximate surface area is 129 Å². The third kappa shape index (κ3) is 4.75. The molecule has 0 aromatic heterocycles. The highest BCUT2D eigenvalue weighted by molar-refractivity contribution is 9.10. The Hall–Kier alpha value is -0.0900. The topological polar surface area (TPSA) is 15.3 Å². The Bertz CT molecular complexity index is 403. The molecule has 0 aliphatic carbocycles. The normalized spacial score (nSPS) is 17.8. The molecule has 0 spiro atoms. The van der Waals surface area contributed by atoms with Gasteiger partial charge in [-0.25, -0.2) is 0 Å². The maximum atomic E-state index is 5.96. The van der Waals surface area contributed by atoms with Crippen LogP contribution in [-0.4, -0.2) is 30.6 Å². The maximum absolute atomic E-state index is 5.96. The predicted molar refractivity (Wildman–Crippen MR) is 85.7 cm³/mol. The Balaban J connectivity index is 1.77. The number of nitrogens with one attached hydrogen (secondary N) is 1. The molecule has 2 nitrogen and oxygen atoms in total. The van der Waals surface area contributed by atoms with Crippen LogP contribution in [0.25, 0.3) is 0 Å². The standard InChI is InChI=1S/C15H22BrClN2/c1-2-7-19-8-5-14(6-9-19)18-11-12-3-4-13(17)10-15(12)16/h3-4,10,14,18H,2,5-9,11H2,1H3. The molecule has 1 fully saturated rings. The van der Waals surface area contributed by atoms with Crippen molar-refractivity contribution in [3.63, 3.8) is 0 Å². The summed E-state index contributed by atoms with van der Waals surface area (Å²) >= 11 is 9.53. The van der Waals surface area contributed by atoms with E-state index >= 15 is 0 Å². The van der Waals surface area contributed by atoms with Crippen molar-refractivity contribution in [2.75, 3.05) is 19.6 Å². The van der Waals surface area contributed by atoms with E-state index in [0.717, 1.165) is 16.0 Å². The van der Waals surface area contributed by atoms with Crippen LogP contribution in [0.2, 0.25) is 5.02 Å². The third-order valence-corrected chi connectivity index (χ3v) is 4.70. The van der Waals surface area contributed by atoms with E-state index in [1.54, 1.807) is 0 Å². The van der Waals surface area contributed by atoms with Crippen LogP contribution >= 0.6 is 27.5 Å². The van der Waals surface area contributed by atoms with Gasteiger partial charge in [-0.2, -0.15) is 0 Å². The van der Waals surface area contributed by atoms with Crippen molar-refractivity contribution in [3.8, 4) is 0 Å². The second kappa shape index (κ2) is 7.63.